The topological polar surface area (TPSA) is 134 Å². The predicted molar refractivity (Wildman–Crippen MR) is 151 cm³/mol. The summed E-state index contributed by atoms with van der Waals surface area (Å²) in [4.78, 5) is 67.5. The molecule has 10 heteroatoms. The Bertz CT molecular complexity index is 1030. The van der Waals surface area contributed by atoms with Crippen molar-refractivity contribution in [1.29, 1.82) is 0 Å². The van der Waals surface area contributed by atoms with Crippen molar-refractivity contribution in [2.24, 2.45) is 23.2 Å². The predicted octanol–water partition coefficient (Wildman–Crippen LogP) is 2.88. The molecule has 4 amide bonds. The maximum atomic E-state index is 14.1. The molecule has 2 saturated carbocycles. The van der Waals surface area contributed by atoms with Gasteiger partial charge in [-0.05, 0) is 69.6 Å². The van der Waals surface area contributed by atoms with Crippen LogP contribution in [0.5, 0.6) is 0 Å². The zero-order valence-electron chi connectivity index (χ0n) is 24.6. The van der Waals surface area contributed by atoms with E-state index in [4.69, 9.17) is 4.74 Å². The quantitative estimate of drug-likeness (QED) is 0.249. The lowest BCUT2D eigenvalue weighted by atomic mass is 9.94. The van der Waals surface area contributed by atoms with Crippen LogP contribution in [-0.2, 0) is 23.9 Å². The number of Topliss-reactive ketones (excluding diaryl/α,β-unsaturated/α-hetero) is 1. The van der Waals surface area contributed by atoms with Crippen LogP contribution < -0.4 is 16.0 Å². The number of carbonyl (C=O) groups is 5. The van der Waals surface area contributed by atoms with E-state index < -0.39 is 47.4 Å². The first-order valence-corrected chi connectivity index (χ1v) is 14.4. The molecule has 3 rings (SSSR count). The Labute approximate surface area is 237 Å². The second kappa shape index (κ2) is 12.6. The van der Waals surface area contributed by atoms with Crippen molar-refractivity contribution in [3.05, 3.63) is 25.3 Å². The summed E-state index contributed by atoms with van der Waals surface area (Å²) in [6, 6.07) is -2.68. The third kappa shape index (κ3) is 7.12. The van der Waals surface area contributed by atoms with Gasteiger partial charge in [0.15, 0.2) is 0 Å². The van der Waals surface area contributed by atoms with E-state index in [1.807, 2.05) is 0 Å². The number of hydrogen-bond donors (Lipinski definition) is 3. The van der Waals surface area contributed by atoms with Gasteiger partial charge in [0.05, 0.1) is 6.04 Å². The van der Waals surface area contributed by atoms with Crippen LogP contribution in [0.2, 0.25) is 0 Å². The van der Waals surface area contributed by atoms with Crippen molar-refractivity contribution in [3.8, 4) is 0 Å². The fourth-order valence-electron chi connectivity index (χ4n) is 6.32. The summed E-state index contributed by atoms with van der Waals surface area (Å²) < 4.78 is 5.46. The van der Waals surface area contributed by atoms with Crippen LogP contribution in [0.1, 0.15) is 73.1 Å². The van der Waals surface area contributed by atoms with E-state index in [-0.39, 0.29) is 42.0 Å². The van der Waals surface area contributed by atoms with Gasteiger partial charge in [0.1, 0.15) is 17.7 Å². The summed E-state index contributed by atoms with van der Waals surface area (Å²) in [5, 5.41) is 8.06. The molecule has 0 bridgehead atoms. The normalized spacial score (nSPS) is 24.7. The molecular formula is C30H46N4O6. The fourth-order valence-corrected chi connectivity index (χ4v) is 6.32. The highest BCUT2D eigenvalue weighted by Gasteiger charge is 2.69. The molecule has 0 aromatic rings. The lowest BCUT2D eigenvalue weighted by Crippen LogP contribution is -2.59. The van der Waals surface area contributed by atoms with Crippen LogP contribution >= 0.6 is 0 Å². The number of likely N-dealkylation sites (tertiary alicyclic amines) is 1. The van der Waals surface area contributed by atoms with Crippen LogP contribution in [0.15, 0.2) is 25.3 Å². The van der Waals surface area contributed by atoms with Gasteiger partial charge in [-0.25, -0.2) is 4.79 Å². The highest BCUT2D eigenvalue weighted by Crippen LogP contribution is 2.65. The van der Waals surface area contributed by atoms with E-state index in [2.05, 4.69) is 43.0 Å². The van der Waals surface area contributed by atoms with Crippen molar-refractivity contribution in [2.45, 2.75) is 96.9 Å². The summed E-state index contributed by atoms with van der Waals surface area (Å²) in [7, 11) is 0. The molecule has 3 aliphatic rings. The average molecular weight is 559 g/mol. The van der Waals surface area contributed by atoms with Crippen molar-refractivity contribution >= 4 is 29.6 Å². The van der Waals surface area contributed by atoms with Crippen molar-refractivity contribution in [3.63, 3.8) is 0 Å². The van der Waals surface area contributed by atoms with E-state index in [1.165, 1.54) is 6.08 Å². The zero-order chi connectivity index (χ0) is 29.8. The number of piperidine rings is 1. The molecule has 3 fully saturated rings. The Morgan fingerprint density at radius 2 is 1.70 bits per heavy atom. The van der Waals surface area contributed by atoms with Gasteiger partial charge in [0.25, 0.3) is 5.91 Å². The molecule has 0 aromatic carbocycles. The van der Waals surface area contributed by atoms with Gasteiger partial charge in [0, 0.05) is 13.1 Å². The molecule has 1 aliphatic heterocycles. The molecule has 1 heterocycles. The maximum absolute atomic E-state index is 14.1. The average Bonchev–Trinajstić information content (AvgIpc) is 3.33. The first-order valence-electron chi connectivity index (χ1n) is 14.4. The van der Waals surface area contributed by atoms with Gasteiger partial charge in [0.2, 0.25) is 17.6 Å². The molecule has 3 N–H and O–H groups in total. The van der Waals surface area contributed by atoms with E-state index >= 15 is 0 Å². The molecular weight excluding hydrogens is 512 g/mol. The van der Waals surface area contributed by atoms with Gasteiger partial charge in [-0.2, -0.15) is 0 Å². The summed E-state index contributed by atoms with van der Waals surface area (Å²) in [6.45, 7) is 17.2. The first-order chi connectivity index (χ1) is 18.7. The highest BCUT2D eigenvalue weighted by atomic mass is 16.6. The van der Waals surface area contributed by atoms with Crippen LogP contribution in [0, 0.1) is 23.2 Å². The first kappa shape index (κ1) is 31.4. The minimum Gasteiger partial charge on any atom is -0.444 e. The van der Waals surface area contributed by atoms with Crippen molar-refractivity contribution in [2.75, 3.05) is 13.1 Å². The zero-order valence-corrected chi connectivity index (χ0v) is 24.6. The van der Waals surface area contributed by atoms with E-state index in [1.54, 1.807) is 31.7 Å². The summed E-state index contributed by atoms with van der Waals surface area (Å²) in [5.41, 5.74) is -0.873. The Hall–Kier alpha value is -3.17. The molecule has 2 aliphatic carbocycles. The number of nitrogens with one attached hydrogen (secondary N) is 3. The lowest BCUT2D eigenvalue weighted by Gasteiger charge is -2.35. The second-order valence-corrected chi connectivity index (χ2v) is 12.8. The number of carbonyl (C=O) groups excluding carboxylic acids is 5. The van der Waals surface area contributed by atoms with Gasteiger partial charge >= 0.3 is 6.09 Å². The molecule has 0 spiro atoms. The minimum atomic E-state index is -1.06. The Morgan fingerprint density at radius 3 is 2.27 bits per heavy atom. The highest BCUT2D eigenvalue weighted by molar-refractivity contribution is 6.38. The number of ether oxygens (including phenoxy) is 1. The van der Waals surface area contributed by atoms with E-state index in [0.29, 0.717) is 13.0 Å². The Kier molecular flexibility index (Phi) is 9.85. The number of amides is 4. The number of allylic oxidation sites excluding steroid dienone is 1. The van der Waals surface area contributed by atoms with E-state index in [9.17, 15) is 24.0 Å². The van der Waals surface area contributed by atoms with Crippen molar-refractivity contribution in [1.82, 2.24) is 20.9 Å². The smallest absolute Gasteiger partial charge is 0.408 e. The molecule has 222 valence electrons. The Morgan fingerprint density at radius 1 is 1.05 bits per heavy atom. The fraction of sp³-hybridized carbons (Fsp3) is 0.700. The summed E-state index contributed by atoms with van der Waals surface area (Å²) >= 11 is 0. The standard InChI is InChI=1S/C30H46N4O6/c1-8-10-15-20(24(35)26(37)31-16-9-2)32-25(36)23-21-19(30(21,6)7)17-34(23)27(38)22(18-13-11-12-14-18)33-28(39)40-29(3,4)5/h8-9,18-23H,1-2,10-17H2,3-7H3,(H,31,37)(H,32,36)(H,33,39). The SMILES string of the molecule is C=CCCC(NC(=O)C1C2C(CN1C(=O)C(NC(=O)OC(C)(C)C)C1CCCC1)C2(C)C)C(=O)C(=O)NCC=C. The number of alkyl carbamates (subject to hydrolysis) is 1. The molecule has 0 radical (unpaired) electrons. The number of nitrogens with zero attached hydrogens (tertiary/aromatic N) is 1. The molecule has 0 aromatic heterocycles. The largest absolute Gasteiger partial charge is 0.444 e. The summed E-state index contributed by atoms with van der Waals surface area (Å²) in [6.07, 6.45) is 6.57. The van der Waals surface area contributed by atoms with Crippen LogP contribution in [0.25, 0.3) is 0 Å². The number of fused-ring (bicyclic) bond motifs is 1. The number of hydrogen-bond acceptors (Lipinski definition) is 6. The van der Waals surface area contributed by atoms with Crippen LogP contribution in [-0.4, -0.2) is 71.3 Å². The third-order valence-corrected chi connectivity index (χ3v) is 8.49. The minimum absolute atomic E-state index is 0.0517. The van der Waals surface area contributed by atoms with E-state index in [0.717, 1.165) is 25.7 Å². The lowest BCUT2D eigenvalue weighted by molar-refractivity contribution is -0.144. The van der Waals surface area contributed by atoms with Crippen molar-refractivity contribution < 1.29 is 28.7 Å². The number of ketones is 1. The summed E-state index contributed by atoms with van der Waals surface area (Å²) in [5.74, 6) is -2.35. The van der Waals surface area contributed by atoms with Gasteiger partial charge in [-0.15, -0.1) is 13.2 Å². The van der Waals surface area contributed by atoms with Gasteiger partial charge in [-0.3, -0.25) is 19.2 Å². The van der Waals surface area contributed by atoms with Gasteiger partial charge in [-0.1, -0.05) is 38.8 Å². The second-order valence-electron chi connectivity index (χ2n) is 12.8. The number of rotatable bonds is 12. The molecule has 1 saturated heterocycles. The Balaban J connectivity index is 1.83. The third-order valence-electron chi connectivity index (χ3n) is 8.49. The van der Waals surface area contributed by atoms with Crippen LogP contribution in [0.4, 0.5) is 4.79 Å². The maximum Gasteiger partial charge on any atom is 0.408 e. The monoisotopic (exact) mass is 558 g/mol. The molecule has 5 unspecified atom stereocenters. The van der Waals surface area contributed by atoms with Crippen LogP contribution in [0.3, 0.4) is 0 Å². The molecule has 5 atom stereocenters. The molecule has 40 heavy (non-hydrogen) atoms. The van der Waals surface area contributed by atoms with Gasteiger partial charge < -0.3 is 25.6 Å². The molecule has 10 nitrogen and oxygen atoms in total.